The minimum atomic E-state index is -0.685. The number of nitrogens with zero attached hydrogens (tertiary/aromatic N) is 1. The van der Waals surface area contributed by atoms with Crippen molar-refractivity contribution in [3.8, 4) is 5.75 Å². The van der Waals surface area contributed by atoms with Crippen LogP contribution in [0.15, 0.2) is 36.4 Å². The molecule has 2 aliphatic rings. The highest BCUT2D eigenvalue weighted by molar-refractivity contribution is 6.31. The van der Waals surface area contributed by atoms with Crippen molar-refractivity contribution in [2.45, 2.75) is 12.7 Å². The first-order chi connectivity index (χ1) is 13.0. The van der Waals surface area contributed by atoms with Crippen LogP contribution in [-0.2, 0) is 16.1 Å². The number of amides is 2. The molecule has 8 heteroatoms. The Bertz CT molecular complexity index is 915. The van der Waals surface area contributed by atoms with Gasteiger partial charge < -0.3 is 19.7 Å². The van der Waals surface area contributed by atoms with Crippen molar-refractivity contribution in [2.24, 2.45) is 0 Å². The molecule has 2 aromatic rings. The molecule has 1 saturated heterocycles. The topological polar surface area (TPSA) is 67.9 Å². The Morgan fingerprint density at radius 3 is 2.89 bits per heavy atom. The number of carbonyl (C=O) groups excluding carboxylic acids is 2. The van der Waals surface area contributed by atoms with E-state index in [4.69, 9.17) is 21.1 Å². The quantitative estimate of drug-likeness (QED) is 0.871. The lowest BCUT2D eigenvalue weighted by Gasteiger charge is -2.39. The van der Waals surface area contributed by atoms with Gasteiger partial charge in [0.1, 0.15) is 11.6 Å². The average Bonchev–Trinajstić information content (AvgIpc) is 2.61. The Kier molecular flexibility index (Phi) is 4.72. The van der Waals surface area contributed by atoms with Gasteiger partial charge in [0.05, 0.1) is 24.0 Å². The fraction of sp³-hybridized carbons (Fsp3) is 0.263. The average molecular weight is 391 g/mol. The Balaban J connectivity index is 1.37. The molecule has 27 heavy (non-hydrogen) atoms. The maximum absolute atomic E-state index is 14.3. The molecule has 0 unspecified atom stereocenters. The molecule has 2 aromatic carbocycles. The van der Waals surface area contributed by atoms with Crippen molar-refractivity contribution in [3.05, 3.63) is 58.4 Å². The van der Waals surface area contributed by atoms with Crippen LogP contribution < -0.4 is 10.1 Å². The van der Waals surface area contributed by atoms with E-state index < -0.39 is 11.7 Å². The van der Waals surface area contributed by atoms with E-state index in [9.17, 15) is 14.0 Å². The maximum atomic E-state index is 14.3. The summed E-state index contributed by atoms with van der Waals surface area (Å²) < 4.78 is 25.2. The summed E-state index contributed by atoms with van der Waals surface area (Å²) in [6, 6.07) is 9.81. The van der Waals surface area contributed by atoms with Gasteiger partial charge in [-0.15, -0.1) is 0 Å². The van der Waals surface area contributed by atoms with Crippen molar-refractivity contribution in [2.75, 3.05) is 25.0 Å². The number of likely N-dealkylation sites (tertiary alicyclic amines) is 1. The summed E-state index contributed by atoms with van der Waals surface area (Å²) >= 11 is 6.09. The van der Waals surface area contributed by atoms with E-state index in [1.165, 1.54) is 11.0 Å². The number of fused-ring (bicyclic) bond motifs is 1. The second-order valence-electron chi connectivity index (χ2n) is 6.40. The summed E-state index contributed by atoms with van der Waals surface area (Å²) in [6.45, 7) is 0.907. The maximum Gasteiger partial charge on any atom is 0.262 e. The van der Waals surface area contributed by atoms with E-state index >= 15 is 0 Å². The lowest BCUT2D eigenvalue weighted by atomic mass is 10.1. The molecule has 140 valence electrons. The molecule has 1 N–H and O–H groups in total. The van der Waals surface area contributed by atoms with E-state index in [-0.39, 0.29) is 29.9 Å². The van der Waals surface area contributed by atoms with E-state index in [0.717, 1.165) is 11.6 Å². The molecular weight excluding hydrogens is 375 g/mol. The number of halogens is 2. The van der Waals surface area contributed by atoms with Gasteiger partial charge in [0.15, 0.2) is 6.61 Å². The SMILES string of the molecule is O=C1COc2cc(F)c(C(=O)N3CC(OCc4ccccc4Cl)C3)cc2N1. The Morgan fingerprint density at radius 2 is 2.11 bits per heavy atom. The van der Waals surface area contributed by atoms with Gasteiger partial charge in [-0.1, -0.05) is 29.8 Å². The molecule has 2 heterocycles. The van der Waals surface area contributed by atoms with E-state index in [1.54, 1.807) is 6.07 Å². The number of nitrogens with one attached hydrogen (secondary N) is 1. The molecule has 1 fully saturated rings. The predicted molar refractivity (Wildman–Crippen MR) is 96.5 cm³/mol. The van der Waals surface area contributed by atoms with Gasteiger partial charge in [-0.25, -0.2) is 4.39 Å². The van der Waals surface area contributed by atoms with Crippen molar-refractivity contribution < 1.29 is 23.5 Å². The first-order valence-corrected chi connectivity index (χ1v) is 8.79. The molecule has 0 aliphatic carbocycles. The van der Waals surface area contributed by atoms with Crippen molar-refractivity contribution in [1.29, 1.82) is 0 Å². The van der Waals surface area contributed by atoms with E-state index in [1.807, 2.05) is 18.2 Å². The lowest BCUT2D eigenvalue weighted by Crippen LogP contribution is -2.54. The van der Waals surface area contributed by atoms with Crippen LogP contribution in [0.3, 0.4) is 0 Å². The molecule has 0 bridgehead atoms. The van der Waals surface area contributed by atoms with Crippen LogP contribution in [0.2, 0.25) is 5.02 Å². The van der Waals surface area contributed by atoms with E-state index in [2.05, 4.69) is 5.32 Å². The van der Waals surface area contributed by atoms with Crippen LogP contribution in [-0.4, -0.2) is 42.5 Å². The molecule has 0 spiro atoms. The monoisotopic (exact) mass is 390 g/mol. The first-order valence-electron chi connectivity index (χ1n) is 8.42. The van der Waals surface area contributed by atoms with Crippen LogP contribution in [0.5, 0.6) is 5.75 Å². The number of benzene rings is 2. The van der Waals surface area contributed by atoms with Crippen molar-refractivity contribution in [3.63, 3.8) is 0 Å². The Labute approximate surface area is 159 Å². The van der Waals surface area contributed by atoms with Crippen molar-refractivity contribution >= 4 is 29.1 Å². The molecule has 0 aromatic heterocycles. The second-order valence-corrected chi connectivity index (χ2v) is 6.81. The largest absolute Gasteiger partial charge is 0.481 e. The summed E-state index contributed by atoms with van der Waals surface area (Å²) in [4.78, 5) is 25.4. The predicted octanol–water partition coefficient (Wildman–Crippen LogP) is 2.85. The van der Waals surface area contributed by atoms with Crippen LogP contribution in [0.1, 0.15) is 15.9 Å². The Morgan fingerprint density at radius 1 is 1.33 bits per heavy atom. The third kappa shape index (κ3) is 3.61. The first kappa shape index (κ1) is 17.8. The van der Waals surface area contributed by atoms with E-state index in [0.29, 0.717) is 30.4 Å². The minimum absolute atomic E-state index is 0.107. The van der Waals surface area contributed by atoms with Crippen LogP contribution >= 0.6 is 11.6 Å². The zero-order valence-electron chi connectivity index (χ0n) is 14.2. The third-order valence-electron chi connectivity index (χ3n) is 4.50. The van der Waals surface area contributed by atoms with Crippen molar-refractivity contribution in [1.82, 2.24) is 4.90 Å². The number of hydrogen-bond donors (Lipinski definition) is 1. The summed E-state index contributed by atoms with van der Waals surface area (Å²) in [7, 11) is 0. The second kappa shape index (κ2) is 7.17. The molecule has 0 radical (unpaired) electrons. The van der Waals surface area contributed by atoms with Gasteiger partial charge in [0.25, 0.3) is 11.8 Å². The van der Waals surface area contributed by atoms with Gasteiger partial charge in [-0.3, -0.25) is 9.59 Å². The summed E-state index contributed by atoms with van der Waals surface area (Å²) in [6.07, 6.45) is -0.131. The lowest BCUT2D eigenvalue weighted by molar-refractivity contribution is -0.118. The highest BCUT2D eigenvalue weighted by atomic mass is 35.5. The third-order valence-corrected chi connectivity index (χ3v) is 4.87. The number of hydrogen-bond acceptors (Lipinski definition) is 4. The summed E-state index contributed by atoms with van der Waals surface area (Å²) in [5, 5.41) is 3.20. The Hall–Kier alpha value is -2.64. The molecule has 0 saturated carbocycles. The fourth-order valence-corrected chi connectivity index (χ4v) is 3.16. The molecule has 2 aliphatic heterocycles. The number of ether oxygens (including phenoxy) is 2. The smallest absolute Gasteiger partial charge is 0.262 e. The van der Waals surface area contributed by atoms with Gasteiger partial charge in [0.2, 0.25) is 0 Å². The molecular formula is C19H16ClFN2O4. The zero-order valence-corrected chi connectivity index (χ0v) is 15.0. The van der Waals surface area contributed by atoms with Crippen LogP contribution in [0.4, 0.5) is 10.1 Å². The molecule has 2 amide bonds. The highest BCUT2D eigenvalue weighted by Crippen LogP contribution is 2.31. The summed E-state index contributed by atoms with van der Waals surface area (Å²) in [5.41, 5.74) is 1.06. The molecule has 0 atom stereocenters. The number of rotatable bonds is 4. The highest BCUT2D eigenvalue weighted by Gasteiger charge is 2.34. The fourth-order valence-electron chi connectivity index (χ4n) is 2.97. The molecule has 4 rings (SSSR count). The van der Waals surface area contributed by atoms with Gasteiger partial charge in [-0.05, 0) is 17.7 Å². The summed E-state index contributed by atoms with van der Waals surface area (Å²) in [5.74, 6) is -1.26. The number of carbonyl (C=O) groups is 2. The van der Waals surface area contributed by atoms with Gasteiger partial charge in [-0.2, -0.15) is 0 Å². The molecule has 6 nitrogen and oxygen atoms in total. The number of anilines is 1. The van der Waals surface area contributed by atoms with Gasteiger partial charge >= 0.3 is 0 Å². The zero-order chi connectivity index (χ0) is 19.0. The van der Waals surface area contributed by atoms with Crippen LogP contribution in [0.25, 0.3) is 0 Å². The normalized spacial score (nSPS) is 16.2. The van der Waals surface area contributed by atoms with Gasteiger partial charge in [0, 0.05) is 24.2 Å². The standard InChI is InChI=1S/C19H16ClFN2O4/c20-14-4-2-1-3-11(14)9-26-12-7-23(8-12)19(25)13-5-16-17(6-15(13)21)27-10-18(24)22-16/h1-6,12H,7-10H2,(H,22,24). The van der Waals surface area contributed by atoms with Crippen LogP contribution in [0, 0.1) is 5.82 Å². The minimum Gasteiger partial charge on any atom is -0.481 e.